The van der Waals surface area contributed by atoms with Crippen LogP contribution in [-0.2, 0) is 14.4 Å². The van der Waals surface area contributed by atoms with E-state index in [-0.39, 0.29) is 39.6 Å². The minimum absolute atomic E-state index is 0.00872. The molecule has 8 atom stereocenters. The van der Waals surface area contributed by atoms with Crippen LogP contribution in [0.1, 0.15) is 80.6 Å². The molecular formula is C31H40O5. The van der Waals surface area contributed by atoms with Crippen LogP contribution in [0.25, 0.3) is 0 Å². The summed E-state index contributed by atoms with van der Waals surface area (Å²) < 4.78 is 0. The Hall–Kier alpha value is -2.27. The summed E-state index contributed by atoms with van der Waals surface area (Å²) in [5.74, 6) is -1.94. The van der Waals surface area contributed by atoms with Crippen molar-refractivity contribution < 1.29 is 24.6 Å². The van der Waals surface area contributed by atoms with Crippen LogP contribution < -0.4 is 0 Å². The van der Waals surface area contributed by atoms with E-state index >= 15 is 0 Å². The van der Waals surface area contributed by atoms with E-state index in [4.69, 9.17) is 0 Å². The highest BCUT2D eigenvalue weighted by molar-refractivity contribution is 6.11. The molecule has 5 nitrogen and oxygen atoms in total. The van der Waals surface area contributed by atoms with Crippen molar-refractivity contribution in [3.05, 3.63) is 46.1 Å². The molecule has 0 saturated heterocycles. The first-order valence-corrected chi connectivity index (χ1v) is 13.5. The van der Waals surface area contributed by atoms with Crippen LogP contribution in [0.15, 0.2) is 46.1 Å². The van der Waals surface area contributed by atoms with Gasteiger partial charge in [-0.1, -0.05) is 52.3 Å². The zero-order valence-corrected chi connectivity index (χ0v) is 22.7. The van der Waals surface area contributed by atoms with E-state index in [9.17, 15) is 24.6 Å². The van der Waals surface area contributed by atoms with Gasteiger partial charge in [0.25, 0.3) is 0 Å². The van der Waals surface area contributed by atoms with Crippen molar-refractivity contribution in [2.75, 3.05) is 0 Å². The van der Waals surface area contributed by atoms with Gasteiger partial charge >= 0.3 is 5.97 Å². The molecule has 3 fully saturated rings. The topological polar surface area (TPSA) is 91.7 Å². The van der Waals surface area contributed by atoms with Gasteiger partial charge in [0.1, 0.15) is 6.10 Å². The molecule has 0 aromatic rings. The molecule has 0 aliphatic heterocycles. The lowest BCUT2D eigenvalue weighted by molar-refractivity contribution is -0.192. The molecule has 0 aromatic heterocycles. The van der Waals surface area contributed by atoms with Crippen molar-refractivity contribution in [2.45, 2.75) is 86.7 Å². The molecule has 36 heavy (non-hydrogen) atoms. The van der Waals surface area contributed by atoms with Gasteiger partial charge in [-0.3, -0.25) is 14.4 Å². The lowest BCUT2D eigenvalue weighted by Gasteiger charge is -2.69. The Kier molecular flexibility index (Phi) is 5.38. The molecule has 3 saturated carbocycles. The standard InChI is InChI=1S/C31H40O5/c1-16-14-23-29(5,26(34)25(16)33)11-13-30(6)22-9-8-19-17(2)24(18(3)27(35)36)21(32)15-20(19)28(22,4)10-12-31(23,30)7/h8-9,15-16,18,23,26,34H,10-14H2,1-7H3,(H,35,36). The highest BCUT2D eigenvalue weighted by Crippen LogP contribution is 2.74. The molecule has 0 aromatic carbocycles. The Labute approximate surface area is 214 Å². The first kappa shape index (κ1) is 25.4. The molecule has 194 valence electrons. The van der Waals surface area contributed by atoms with Crippen molar-refractivity contribution in [3.63, 3.8) is 0 Å². The summed E-state index contributed by atoms with van der Waals surface area (Å²) >= 11 is 0. The van der Waals surface area contributed by atoms with E-state index in [0.717, 1.165) is 48.8 Å². The predicted octanol–water partition coefficient (Wildman–Crippen LogP) is 5.60. The van der Waals surface area contributed by atoms with E-state index in [0.29, 0.717) is 5.57 Å². The number of fused-ring (bicyclic) bond motifs is 7. The molecule has 0 radical (unpaired) electrons. The fourth-order valence-electron chi connectivity index (χ4n) is 9.12. The number of ketones is 2. The van der Waals surface area contributed by atoms with Gasteiger partial charge in [-0.05, 0) is 85.5 Å². The van der Waals surface area contributed by atoms with Gasteiger partial charge in [0.15, 0.2) is 11.6 Å². The number of allylic oxidation sites excluding steroid dienone is 7. The SMILES string of the molecule is CC1=C(C(C)C(=O)O)C(=O)C=C2C1=CC=C1C2(C)CCC2(C)C3CC(C)C(=O)C(O)C3(C)CCC12C. The molecule has 5 aliphatic carbocycles. The quantitative estimate of drug-likeness (QED) is 0.524. The maximum Gasteiger partial charge on any atom is 0.310 e. The Balaban J connectivity index is 1.64. The Morgan fingerprint density at radius 2 is 1.72 bits per heavy atom. The van der Waals surface area contributed by atoms with Crippen LogP contribution in [0.3, 0.4) is 0 Å². The number of carbonyl (C=O) groups excluding carboxylic acids is 2. The summed E-state index contributed by atoms with van der Waals surface area (Å²) in [5, 5.41) is 20.7. The second kappa shape index (κ2) is 7.63. The average Bonchev–Trinajstić information content (AvgIpc) is 2.81. The maximum absolute atomic E-state index is 13.3. The summed E-state index contributed by atoms with van der Waals surface area (Å²) in [5.41, 5.74) is 3.57. The molecule has 5 heteroatoms. The van der Waals surface area contributed by atoms with Crippen LogP contribution >= 0.6 is 0 Å². The van der Waals surface area contributed by atoms with Gasteiger partial charge in [-0.25, -0.2) is 0 Å². The van der Waals surface area contributed by atoms with E-state index in [1.54, 1.807) is 13.0 Å². The molecule has 8 unspecified atom stereocenters. The summed E-state index contributed by atoms with van der Waals surface area (Å²) in [6.45, 7) is 14.6. The van der Waals surface area contributed by atoms with Gasteiger partial charge in [-0.15, -0.1) is 0 Å². The van der Waals surface area contributed by atoms with Gasteiger partial charge in [0.2, 0.25) is 0 Å². The Morgan fingerprint density at radius 3 is 2.36 bits per heavy atom. The smallest absolute Gasteiger partial charge is 0.310 e. The van der Waals surface area contributed by atoms with Crippen molar-refractivity contribution in [1.29, 1.82) is 0 Å². The van der Waals surface area contributed by atoms with Crippen LogP contribution in [0.5, 0.6) is 0 Å². The monoisotopic (exact) mass is 492 g/mol. The highest BCUT2D eigenvalue weighted by atomic mass is 16.4. The number of carboxylic acids is 1. The third kappa shape index (κ3) is 2.90. The largest absolute Gasteiger partial charge is 0.481 e. The fraction of sp³-hybridized carbons (Fsp3) is 0.645. The van der Waals surface area contributed by atoms with E-state index in [1.807, 2.05) is 13.8 Å². The lowest BCUT2D eigenvalue weighted by Crippen LogP contribution is -2.65. The number of hydrogen-bond acceptors (Lipinski definition) is 4. The van der Waals surface area contributed by atoms with Crippen molar-refractivity contribution >= 4 is 17.5 Å². The summed E-state index contributed by atoms with van der Waals surface area (Å²) in [6.07, 6.45) is 9.48. The van der Waals surface area contributed by atoms with Crippen molar-refractivity contribution in [2.24, 2.45) is 39.4 Å². The van der Waals surface area contributed by atoms with Crippen molar-refractivity contribution in [1.82, 2.24) is 0 Å². The molecule has 0 bridgehead atoms. The van der Waals surface area contributed by atoms with Gasteiger partial charge in [0.05, 0.1) is 5.92 Å². The third-order valence-electron chi connectivity index (χ3n) is 11.7. The number of aliphatic hydroxyl groups excluding tert-OH is 1. The molecule has 0 amide bonds. The minimum Gasteiger partial charge on any atom is -0.481 e. The first-order valence-electron chi connectivity index (χ1n) is 13.5. The molecule has 0 spiro atoms. The normalized spacial score (nSPS) is 44.9. The number of Topliss-reactive ketones (excluding diaryl/α,β-unsaturated/α-hetero) is 1. The predicted molar refractivity (Wildman–Crippen MR) is 138 cm³/mol. The maximum atomic E-state index is 13.3. The second-order valence-electron chi connectivity index (χ2n) is 13.3. The number of aliphatic hydroxyl groups is 1. The summed E-state index contributed by atoms with van der Waals surface area (Å²) in [4.78, 5) is 37.8. The van der Waals surface area contributed by atoms with Crippen LogP contribution in [0.4, 0.5) is 0 Å². The Morgan fingerprint density at radius 1 is 1.06 bits per heavy atom. The molecule has 0 heterocycles. The van der Waals surface area contributed by atoms with Crippen LogP contribution in [0, 0.1) is 39.4 Å². The fourth-order valence-corrected chi connectivity index (χ4v) is 9.12. The molecule has 5 rings (SSSR count). The number of carboxylic acid groups (broad SMARTS) is 1. The van der Waals surface area contributed by atoms with Gasteiger partial charge in [0, 0.05) is 22.3 Å². The van der Waals surface area contributed by atoms with Crippen molar-refractivity contribution in [3.8, 4) is 0 Å². The minimum atomic E-state index is -0.984. The zero-order valence-electron chi connectivity index (χ0n) is 22.7. The van der Waals surface area contributed by atoms with E-state index < -0.39 is 23.4 Å². The zero-order chi connectivity index (χ0) is 26.6. The number of hydrogen-bond donors (Lipinski definition) is 2. The molecule has 2 N–H and O–H groups in total. The molecular weight excluding hydrogens is 452 g/mol. The summed E-state index contributed by atoms with van der Waals surface area (Å²) in [7, 11) is 0. The number of rotatable bonds is 2. The second-order valence-corrected chi connectivity index (χ2v) is 13.3. The number of aliphatic carboxylic acids is 1. The molecule has 5 aliphatic rings. The first-order chi connectivity index (χ1) is 16.6. The van der Waals surface area contributed by atoms with Crippen LogP contribution in [-0.4, -0.2) is 33.9 Å². The number of carbonyl (C=O) groups is 3. The average molecular weight is 493 g/mol. The van der Waals surface area contributed by atoms with Crippen LogP contribution in [0.2, 0.25) is 0 Å². The summed E-state index contributed by atoms with van der Waals surface area (Å²) in [6, 6.07) is 0. The lowest BCUT2D eigenvalue weighted by atomic mass is 9.34. The van der Waals surface area contributed by atoms with Gasteiger partial charge < -0.3 is 10.2 Å². The van der Waals surface area contributed by atoms with E-state index in [1.165, 1.54) is 5.57 Å². The highest BCUT2D eigenvalue weighted by Gasteiger charge is 2.68. The third-order valence-corrected chi connectivity index (χ3v) is 11.7. The van der Waals surface area contributed by atoms with Gasteiger partial charge in [-0.2, -0.15) is 0 Å². The van der Waals surface area contributed by atoms with E-state index in [2.05, 4.69) is 39.8 Å². The Bertz CT molecular complexity index is 1220.